The highest BCUT2D eigenvalue weighted by Gasteiger charge is 2.14. The summed E-state index contributed by atoms with van der Waals surface area (Å²) in [6.45, 7) is 3.77. The van der Waals surface area contributed by atoms with Crippen LogP contribution in [0.5, 0.6) is 0 Å². The molecular weight excluding hydrogens is 391 g/mol. The van der Waals surface area contributed by atoms with Crippen LogP contribution in [0.4, 0.5) is 0 Å². The average Bonchev–Trinajstić information content (AvgIpc) is 2.28. The molecule has 6 nitrogen and oxygen atoms in total. The zero-order valence-electron chi connectivity index (χ0n) is 12.3. The maximum atomic E-state index is 11.6. The van der Waals surface area contributed by atoms with Crippen LogP contribution in [-0.2, 0) is 10.0 Å². The van der Waals surface area contributed by atoms with E-state index in [9.17, 15) is 8.42 Å². The van der Waals surface area contributed by atoms with Gasteiger partial charge in [-0.1, -0.05) is 19.3 Å². The van der Waals surface area contributed by atoms with Gasteiger partial charge < -0.3 is 11.1 Å². The second-order valence-corrected chi connectivity index (χ2v) is 7.21. The van der Waals surface area contributed by atoms with Crippen LogP contribution < -0.4 is 15.8 Å². The Morgan fingerprint density at radius 1 is 1.30 bits per heavy atom. The molecule has 0 aromatic heterocycles. The van der Waals surface area contributed by atoms with Crippen LogP contribution in [0.15, 0.2) is 4.99 Å². The predicted octanol–water partition coefficient (Wildman–Crippen LogP) is 1.17. The molecule has 0 aliphatic heterocycles. The van der Waals surface area contributed by atoms with Crippen molar-refractivity contribution in [1.82, 2.24) is 10.0 Å². The lowest BCUT2D eigenvalue weighted by Crippen LogP contribution is -2.41. The van der Waals surface area contributed by atoms with Crippen molar-refractivity contribution in [2.75, 3.05) is 12.3 Å². The highest BCUT2D eigenvalue weighted by Crippen LogP contribution is 2.16. The number of hydrogen-bond acceptors (Lipinski definition) is 3. The smallest absolute Gasteiger partial charge is 0.213 e. The number of nitrogens with two attached hydrogens (primary N) is 1. The molecule has 0 aromatic carbocycles. The lowest BCUT2D eigenvalue weighted by molar-refractivity contribution is 0.412. The van der Waals surface area contributed by atoms with Gasteiger partial charge in [-0.25, -0.2) is 13.1 Å². The van der Waals surface area contributed by atoms with Crippen molar-refractivity contribution in [1.29, 1.82) is 0 Å². The van der Waals surface area contributed by atoms with E-state index in [2.05, 4.69) is 15.0 Å². The van der Waals surface area contributed by atoms with Crippen LogP contribution in [0.3, 0.4) is 0 Å². The van der Waals surface area contributed by atoms with Crippen molar-refractivity contribution >= 4 is 40.0 Å². The second kappa shape index (κ2) is 9.78. The Labute approximate surface area is 139 Å². The molecule has 0 saturated heterocycles. The minimum absolute atomic E-state index is 0. The van der Waals surface area contributed by atoms with Gasteiger partial charge in [0.05, 0.1) is 12.3 Å². The summed E-state index contributed by atoms with van der Waals surface area (Å²) in [5.74, 6) is 0.324. The summed E-state index contributed by atoms with van der Waals surface area (Å²) in [6.07, 6.45) is 5.95. The molecule has 0 bridgehead atoms. The van der Waals surface area contributed by atoms with E-state index in [0.717, 1.165) is 12.8 Å². The standard InChI is InChI=1S/C12H26N4O2S.HI/c1-10(2)16-19(17,18)9-8-14-12(13)15-11-6-4-3-5-7-11;/h10-11,16H,3-9H2,1-2H3,(H3,13,14,15);1H. The number of sulfonamides is 1. The third-order valence-electron chi connectivity index (χ3n) is 3.01. The first-order chi connectivity index (χ1) is 8.89. The predicted molar refractivity (Wildman–Crippen MR) is 94.0 cm³/mol. The topological polar surface area (TPSA) is 96.6 Å². The summed E-state index contributed by atoms with van der Waals surface area (Å²) in [5.41, 5.74) is 5.76. The van der Waals surface area contributed by atoms with Crippen molar-refractivity contribution in [2.45, 2.75) is 58.0 Å². The fourth-order valence-electron chi connectivity index (χ4n) is 2.21. The minimum atomic E-state index is -3.25. The second-order valence-electron chi connectivity index (χ2n) is 5.34. The minimum Gasteiger partial charge on any atom is -0.370 e. The Kier molecular flexibility index (Phi) is 9.73. The third kappa shape index (κ3) is 8.96. The summed E-state index contributed by atoms with van der Waals surface area (Å²) in [4.78, 5) is 4.07. The molecule has 0 radical (unpaired) electrons. The SMILES string of the molecule is CC(C)NS(=O)(=O)CCN=C(N)NC1CCCCC1.I. The van der Waals surface area contributed by atoms with E-state index in [-0.39, 0.29) is 42.3 Å². The van der Waals surface area contributed by atoms with E-state index in [1.54, 1.807) is 13.8 Å². The van der Waals surface area contributed by atoms with Gasteiger partial charge in [0.2, 0.25) is 10.0 Å². The van der Waals surface area contributed by atoms with E-state index >= 15 is 0 Å². The molecule has 1 rings (SSSR count). The number of nitrogens with zero attached hydrogens (tertiary/aromatic N) is 1. The zero-order chi connectivity index (χ0) is 14.3. The average molecular weight is 418 g/mol. The maximum absolute atomic E-state index is 11.6. The summed E-state index contributed by atoms with van der Waals surface area (Å²) >= 11 is 0. The fraction of sp³-hybridized carbons (Fsp3) is 0.917. The number of guanidine groups is 1. The molecule has 4 N–H and O–H groups in total. The van der Waals surface area contributed by atoms with Gasteiger partial charge in [0.1, 0.15) is 0 Å². The molecule has 0 amide bonds. The fourth-order valence-corrected chi connectivity index (χ4v) is 3.37. The lowest BCUT2D eigenvalue weighted by Gasteiger charge is -2.23. The Morgan fingerprint density at radius 2 is 1.90 bits per heavy atom. The molecule has 0 spiro atoms. The van der Waals surface area contributed by atoms with Crippen molar-refractivity contribution in [3.05, 3.63) is 0 Å². The van der Waals surface area contributed by atoms with Gasteiger partial charge in [-0.15, -0.1) is 24.0 Å². The Hall–Kier alpha value is -0.0900. The lowest BCUT2D eigenvalue weighted by atomic mass is 9.96. The van der Waals surface area contributed by atoms with Gasteiger partial charge in [0.15, 0.2) is 5.96 Å². The largest absolute Gasteiger partial charge is 0.370 e. The molecule has 0 atom stereocenters. The van der Waals surface area contributed by atoms with Crippen LogP contribution >= 0.6 is 24.0 Å². The number of rotatable bonds is 6. The number of hydrogen-bond donors (Lipinski definition) is 3. The van der Waals surface area contributed by atoms with Crippen molar-refractivity contribution < 1.29 is 8.42 Å². The van der Waals surface area contributed by atoms with Crippen LogP contribution in [0.1, 0.15) is 46.0 Å². The molecule has 0 unspecified atom stereocenters. The Balaban J connectivity index is 0.00000361. The summed E-state index contributed by atoms with van der Waals surface area (Å²) in [5, 5.41) is 3.16. The first-order valence-electron chi connectivity index (χ1n) is 6.95. The molecule has 0 aromatic rings. The molecular formula is C12H27IN4O2S. The highest BCUT2D eigenvalue weighted by atomic mass is 127. The normalized spacial score (nSPS) is 17.9. The van der Waals surface area contributed by atoms with Crippen LogP contribution in [0.25, 0.3) is 0 Å². The van der Waals surface area contributed by atoms with Crippen LogP contribution in [0, 0.1) is 0 Å². The molecule has 8 heteroatoms. The molecule has 1 saturated carbocycles. The molecule has 20 heavy (non-hydrogen) atoms. The summed E-state index contributed by atoms with van der Waals surface area (Å²) in [7, 11) is -3.25. The quantitative estimate of drug-likeness (QED) is 0.343. The van der Waals surface area contributed by atoms with Gasteiger partial charge in [0, 0.05) is 12.1 Å². The van der Waals surface area contributed by atoms with Crippen LogP contribution in [-0.4, -0.2) is 38.8 Å². The van der Waals surface area contributed by atoms with Gasteiger partial charge in [0.25, 0.3) is 0 Å². The third-order valence-corrected chi connectivity index (χ3v) is 4.57. The molecule has 1 aliphatic rings. The summed E-state index contributed by atoms with van der Waals surface area (Å²) in [6, 6.07) is 0.301. The number of halogens is 1. The van der Waals surface area contributed by atoms with Gasteiger partial charge in [-0.3, -0.25) is 4.99 Å². The maximum Gasteiger partial charge on any atom is 0.213 e. The van der Waals surface area contributed by atoms with Crippen molar-refractivity contribution in [3.8, 4) is 0 Å². The van der Waals surface area contributed by atoms with Gasteiger partial charge in [-0.2, -0.15) is 0 Å². The number of aliphatic imine (C=N–C) groups is 1. The van der Waals surface area contributed by atoms with Crippen molar-refractivity contribution in [3.63, 3.8) is 0 Å². The van der Waals surface area contributed by atoms with Crippen molar-refractivity contribution in [2.24, 2.45) is 10.7 Å². The monoisotopic (exact) mass is 418 g/mol. The zero-order valence-corrected chi connectivity index (χ0v) is 15.4. The van der Waals surface area contributed by atoms with E-state index in [1.807, 2.05) is 0 Å². The highest BCUT2D eigenvalue weighted by molar-refractivity contribution is 14.0. The van der Waals surface area contributed by atoms with E-state index in [1.165, 1.54) is 19.3 Å². The van der Waals surface area contributed by atoms with E-state index < -0.39 is 10.0 Å². The molecule has 0 heterocycles. The first-order valence-corrected chi connectivity index (χ1v) is 8.61. The molecule has 120 valence electrons. The molecule has 1 aliphatic carbocycles. The van der Waals surface area contributed by atoms with Gasteiger partial charge in [-0.05, 0) is 26.7 Å². The van der Waals surface area contributed by atoms with Gasteiger partial charge >= 0.3 is 0 Å². The number of nitrogens with one attached hydrogen (secondary N) is 2. The molecule has 1 fully saturated rings. The summed E-state index contributed by atoms with van der Waals surface area (Å²) < 4.78 is 25.7. The van der Waals surface area contributed by atoms with Crippen LogP contribution in [0.2, 0.25) is 0 Å². The Morgan fingerprint density at radius 3 is 2.45 bits per heavy atom. The first kappa shape index (κ1) is 19.9. The van der Waals surface area contributed by atoms with E-state index in [0.29, 0.717) is 12.0 Å². The Bertz CT molecular complexity index is 392. The van der Waals surface area contributed by atoms with E-state index in [4.69, 9.17) is 5.73 Å².